The van der Waals surface area contributed by atoms with Crippen LogP contribution in [0.4, 0.5) is 32.1 Å². The van der Waals surface area contributed by atoms with Crippen molar-refractivity contribution >= 4 is 23.3 Å². The first kappa shape index (κ1) is 20.7. The number of hydrogen-bond acceptors (Lipinski definition) is 6. The third kappa shape index (κ3) is 3.55. The van der Waals surface area contributed by atoms with Gasteiger partial charge in [0.15, 0.2) is 0 Å². The van der Waals surface area contributed by atoms with E-state index < -0.39 is 11.6 Å². The average Bonchev–Trinajstić information content (AvgIpc) is 3.36. The molecule has 0 saturated heterocycles. The van der Waals surface area contributed by atoms with Crippen LogP contribution < -0.4 is 15.5 Å². The fourth-order valence-electron chi connectivity index (χ4n) is 4.79. The molecule has 32 heavy (non-hydrogen) atoms. The third-order valence-electron chi connectivity index (χ3n) is 6.68. The summed E-state index contributed by atoms with van der Waals surface area (Å²) in [5.41, 5.74) is 2.38. The van der Waals surface area contributed by atoms with Crippen molar-refractivity contribution in [3.8, 4) is 0 Å². The number of anilines is 4. The second kappa shape index (κ2) is 8.03. The topological polar surface area (TPSA) is 70.9 Å². The van der Waals surface area contributed by atoms with Crippen LogP contribution in [0.25, 0.3) is 0 Å². The van der Waals surface area contributed by atoms with Crippen molar-refractivity contribution < 1.29 is 8.78 Å². The van der Waals surface area contributed by atoms with Crippen LogP contribution in [0.3, 0.4) is 0 Å². The quantitative estimate of drug-likeness (QED) is 0.570. The van der Waals surface area contributed by atoms with Crippen LogP contribution in [-0.4, -0.2) is 39.7 Å². The Hall–Kier alpha value is -3.23. The van der Waals surface area contributed by atoms with Crippen LogP contribution in [-0.2, 0) is 12.0 Å². The summed E-state index contributed by atoms with van der Waals surface area (Å²) in [5, 5.41) is 6.51. The SMILES string of the molecule is CNc1nc(NCCC2(n3cnc(C)c3)CCC2)nc2c1CCN2c1ccc(F)cc1F. The molecule has 2 N–H and O–H groups in total. The Morgan fingerprint density at radius 3 is 2.69 bits per heavy atom. The number of nitrogens with one attached hydrogen (secondary N) is 2. The molecule has 3 aromatic rings. The Morgan fingerprint density at radius 2 is 2.03 bits per heavy atom. The van der Waals surface area contributed by atoms with Gasteiger partial charge in [0, 0.05) is 43.5 Å². The van der Waals surface area contributed by atoms with Gasteiger partial charge in [-0.3, -0.25) is 0 Å². The maximum Gasteiger partial charge on any atom is 0.226 e. The first-order valence-electron chi connectivity index (χ1n) is 11.1. The van der Waals surface area contributed by atoms with Crippen molar-refractivity contribution in [1.82, 2.24) is 19.5 Å². The predicted octanol–water partition coefficient (Wildman–Crippen LogP) is 4.38. The Kier molecular flexibility index (Phi) is 5.19. The van der Waals surface area contributed by atoms with E-state index in [1.165, 1.54) is 18.6 Å². The summed E-state index contributed by atoms with van der Waals surface area (Å²) in [4.78, 5) is 15.5. The molecule has 9 heteroatoms. The van der Waals surface area contributed by atoms with E-state index in [1.807, 2.05) is 20.3 Å². The molecule has 3 heterocycles. The van der Waals surface area contributed by atoms with E-state index in [-0.39, 0.29) is 5.54 Å². The van der Waals surface area contributed by atoms with Gasteiger partial charge in [-0.1, -0.05) is 0 Å². The highest BCUT2D eigenvalue weighted by atomic mass is 19.1. The monoisotopic (exact) mass is 439 g/mol. The van der Waals surface area contributed by atoms with E-state index in [2.05, 4.69) is 31.4 Å². The van der Waals surface area contributed by atoms with Gasteiger partial charge in [-0.05, 0) is 51.2 Å². The van der Waals surface area contributed by atoms with E-state index >= 15 is 0 Å². The lowest BCUT2D eigenvalue weighted by molar-refractivity contribution is 0.133. The van der Waals surface area contributed by atoms with Crippen molar-refractivity contribution in [3.05, 3.63) is 53.6 Å². The molecular weight excluding hydrogens is 412 g/mol. The van der Waals surface area contributed by atoms with Crippen molar-refractivity contribution in [2.45, 2.75) is 44.6 Å². The van der Waals surface area contributed by atoms with Crippen LogP contribution in [0.5, 0.6) is 0 Å². The summed E-state index contributed by atoms with van der Waals surface area (Å²) in [5.74, 6) is 0.690. The average molecular weight is 440 g/mol. The fraction of sp³-hybridized carbons (Fsp3) is 0.435. The van der Waals surface area contributed by atoms with Gasteiger partial charge in [0.05, 0.1) is 17.7 Å². The number of aromatic nitrogens is 4. The molecule has 0 unspecified atom stereocenters. The van der Waals surface area contributed by atoms with Crippen LogP contribution in [0.2, 0.25) is 0 Å². The van der Waals surface area contributed by atoms with Gasteiger partial charge in [-0.15, -0.1) is 0 Å². The molecule has 1 aliphatic heterocycles. The molecule has 0 atom stereocenters. The van der Waals surface area contributed by atoms with Gasteiger partial charge in [0.2, 0.25) is 5.95 Å². The van der Waals surface area contributed by atoms with Gasteiger partial charge < -0.3 is 20.1 Å². The second-order valence-corrected chi connectivity index (χ2v) is 8.62. The second-order valence-electron chi connectivity index (χ2n) is 8.62. The third-order valence-corrected chi connectivity index (χ3v) is 6.68. The van der Waals surface area contributed by atoms with Crippen molar-refractivity contribution in [2.75, 3.05) is 35.7 Å². The molecule has 7 nitrogen and oxygen atoms in total. The number of fused-ring (bicyclic) bond motifs is 1. The maximum atomic E-state index is 14.5. The highest BCUT2D eigenvalue weighted by Gasteiger charge is 2.38. The van der Waals surface area contributed by atoms with Crippen molar-refractivity contribution in [3.63, 3.8) is 0 Å². The molecule has 0 spiro atoms. The molecule has 0 bridgehead atoms. The minimum absolute atomic E-state index is 0.0973. The molecule has 168 valence electrons. The molecule has 2 aromatic heterocycles. The molecule has 1 fully saturated rings. The number of hydrogen-bond donors (Lipinski definition) is 2. The van der Waals surface area contributed by atoms with Crippen LogP contribution >= 0.6 is 0 Å². The first-order chi connectivity index (χ1) is 15.5. The van der Waals surface area contributed by atoms with Crippen LogP contribution in [0.15, 0.2) is 30.7 Å². The molecule has 1 saturated carbocycles. The first-order valence-corrected chi connectivity index (χ1v) is 11.1. The van der Waals surface area contributed by atoms with Gasteiger partial charge in [0.1, 0.15) is 23.3 Å². The summed E-state index contributed by atoms with van der Waals surface area (Å²) in [7, 11) is 1.82. The van der Waals surface area contributed by atoms with E-state index in [4.69, 9.17) is 4.98 Å². The number of imidazole rings is 1. The summed E-state index contributed by atoms with van der Waals surface area (Å²) in [6, 6.07) is 3.63. The van der Waals surface area contributed by atoms with Crippen LogP contribution in [0, 0.1) is 18.6 Å². The Morgan fingerprint density at radius 1 is 1.19 bits per heavy atom. The maximum absolute atomic E-state index is 14.5. The van der Waals surface area contributed by atoms with Crippen molar-refractivity contribution in [1.29, 1.82) is 0 Å². The van der Waals surface area contributed by atoms with Gasteiger partial charge >= 0.3 is 0 Å². The summed E-state index contributed by atoms with van der Waals surface area (Å²) < 4.78 is 30.1. The number of benzene rings is 1. The molecule has 0 amide bonds. The van der Waals surface area contributed by atoms with E-state index in [0.29, 0.717) is 37.0 Å². The Balaban J connectivity index is 1.36. The standard InChI is InChI=1S/C23H27F2N7/c1-15-13-31(14-28-15)23(7-3-8-23)9-10-27-22-29-20(26-2)17-6-11-32(21(17)30-22)19-5-4-16(24)12-18(19)25/h4-5,12-14H,3,6-11H2,1-2H3,(H2,26,27,29,30). The molecule has 1 aliphatic carbocycles. The van der Waals surface area contributed by atoms with Crippen LogP contribution in [0.1, 0.15) is 36.9 Å². The lowest BCUT2D eigenvalue weighted by atomic mass is 9.74. The smallest absolute Gasteiger partial charge is 0.226 e. The molecular formula is C23H27F2N7. The summed E-state index contributed by atoms with van der Waals surface area (Å²) in [6.07, 6.45) is 9.15. The molecule has 2 aliphatic rings. The highest BCUT2D eigenvalue weighted by molar-refractivity contribution is 5.73. The van der Waals surface area contributed by atoms with E-state index in [9.17, 15) is 8.78 Å². The fourth-order valence-corrected chi connectivity index (χ4v) is 4.79. The summed E-state index contributed by atoms with van der Waals surface area (Å²) >= 11 is 0. The Bertz CT molecular complexity index is 1140. The van der Waals surface area contributed by atoms with Gasteiger partial charge in [-0.2, -0.15) is 9.97 Å². The van der Waals surface area contributed by atoms with Gasteiger partial charge in [0.25, 0.3) is 0 Å². The minimum atomic E-state index is -0.598. The number of nitrogens with zero attached hydrogens (tertiary/aromatic N) is 5. The zero-order valence-electron chi connectivity index (χ0n) is 18.3. The summed E-state index contributed by atoms with van der Waals surface area (Å²) in [6.45, 7) is 3.28. The number of aryl methyl sites for hydroxylation is 1. The minimum Gasteiger partial charge on any atom is -0.373 e. The number of rotatable bonds is 7. The van der Waals surface area contributed by atoms with E-state index in [0.717, 1.165) is 42.4 Å². The predicted molar refractivity (Wildman–Crippen MR) is 121 cm³/mol. The normalized spacial score (nSPS) is 16.6. The lowest BCUT2D eigenvalue weighted by Gasteiger charge is -2.43. The largest absolute Gasteiger partial charge is 0.373 e. The zero-order valence-corrected chi connectivity index (χ0v) is 18.3. The lowest BCUT2D eigenvalue weighted by Crippen LogP contribution is -2.41. The molecule has 1 aromatic carbocycles. The van der Waals surface area contributed by atoms with Crippen molar-refractivity contribution in [2.24, 2.45) is 0 Å². The molecule has 5 rings (SSSR count). The van der Waals surface area contributed by atoms with Gasteiger partial charge in [-0.25, -0.2) is 13.8 Å². The Labute approximate surface area is 185 Å². The van der Waals surface area contributed by atoms with E-state index in [1.54, 1.807) is 4.90 Å². The highest BCUT2D eigenvalue weighted by Crippen LogP contribution is 2.42. The molecule has 0 radical (unpaired) electrons. The number of halogens is 2. The zero-order chi connectivity index (χ0) is 22.3.